The molecule has 1 fully saturated rings. The van der Waals surface area contributed by atoms with E-state index in [9.17, 15) is 4.79 Å². The summed E-state index contributed by atoms with van der Waals surface area (Å²) in [5, 5.41) is 12.0. The van der Waals surface area contributed by atoms with Gasteiger partial charge in [0.25, 0.3) is 0 Å². The summed E-state index contributed by atoms with van der Waals surface area (Å²) in [5.74, 6) is -0.0713. The quantitative estimate of drug-likeness (QED) is 0.863. The number of ether oxygens (including phenoxy) is 1. The summed E-state index contributed by atoms with van der Waals surface area (Å²) in [6, 6.07) is 6.14. The predicted molar refractivity (Wildman–Crippen MR) is 91.7 cm³/mol. The molecule has 1 aliphatic rings. The molecular formula is C16H21N5O2S. The van der Waals surface area contributed by atoms with E-state index in [0.29, 0.717) is 18.3 Å². The predicted octanol–water partition coefficient (Wildman–Crippen LogP) is 2.25. The van der Waals surface area contributed by atoms with Crippen molar-refractivity contribution in [2.45, 2.75) is 31.9 Å². The summed E-state index contributed by atoms with van der Waals surface area (Å²) in [7, 11) is 1.60. The average Bonchev–Trinajstić information content (AvgIpc) is 3.03. The number of likely N-dealkylation sites (tertiary alicyclic amines) is 1. The number of carbonyl (C=O) groups excluding carboxylic acids is 1. The van der Waals surface area contributed by atoms with Gasteiger partial charge in [0, 0.05) is 13.3 Å². The van der Waals surface area contributed by atoms with Gasteiger partial charge in [0.05, 0.1) is 18.3 Å². The lowest BCUT2D eigenvalue weighted by Crippen LogP contribution is -2.39. The van der Waals surface area contributed by atoms with Gasteiger partial charge >= 0.3 is 0 Å². The van der Waals surface area contributed by atoms with Crippen LogP contribution in [0.1, 0.15) is 36.0 Å². The molecule has 0 aromatic carbocycles. The Bertz CT molecular complexity index is 663. The van der Waals surface area contributed by atoms with Crippen LogP contribution in [-0.2, 0) is 16.1 Å². The molecule has 2 aromatic rings. The largest absolute Gasteiger partial charge is 0.377 e. The van der Waals surface area contributed by atoms with E-state index in [1.807, 2.05) is 18.2 Å². The minimum atomic E-state index is -0.0713. The first-order valence-electron chi connectivity index (χ1n) is 8.02. The molecule has 0 unspecified atom stereocenters. The molecule has 0 spiro atoms. The maximum atomic E-state index is 12.4. The van der Waals surface area contributed by atoms with Gasteiger partial charge in [-0.05, 0) is 31.5 Å². The number of nitrogens with zero attached hydrogens (tertiary/aromatic N) is 4. The normalized spacial score (nSPS) is 18.5. The van der Waals surface area contributed by atoms with Gasteiger partial charge in [-0.3, -0.25) is 20.0 Å². The van der Waals surface area contributed by atoms with E-state index < -0.39 is 0 Å². The molecule has 3 rings (SSSR count). The van der Waals surface area contributed by atoms with Crippen molar-refractivity contribution in [1.29, 1.82) is 0 Å². The fraction of sp³-hybridized carbons (Fsp3) is 0.500. The molecule has 1 atom stereocenters. The van der Waals surface area contributed by atoms with E-state index in [2.05, 4.69) is 25.4 Å². The maximum absolute atomic E-state index is 12.4. The highest BCUT2D eigenvalue weighted by Crippen LogP contribution is 2.29. The number of amides is 1. The van der Waals surface area contributed by atoms with E-state index in [4.69, 9.17) is 4.74 Å². The summed E-state index contributed by atoms with van der Waals surface area (Å²) in [6.07, 6.45) is 5.10. The molecule has 24 heavy (non-hydrogen) atoms. The van der Waals surface area contributed by atoms with Crippen LogP contribution < -0.4 is 5.32 Å². The van der Waals surface area contributed by atoms with Gasteiger partial charge < -0.3 is 4.74 Å². The smallest absolute Gasteiger partial charge is 0.240 e. The molecule has 1 N–H and O–H groups in total. The van der Waals surface area contributed by atoms with Gasteiger partial charge in [-0.15, -0.1) is 10.2 Å². The number of piperidine rings is 1. The molecule has 0 bridgehead atoms. The molecular weight excluding hydrogens is 326 g/mol. The van der Waals surface area contributed by atoms with Gasteiger partial charge in [0.1, 0.15) is 11.6 Å². The van der Waals surface area contributed by atoms with Crippen molar-refractivity contribution >= 4 is 22.4 Å². The number of hydrogen-bond donors (Lipinski definition) is 1. The standard InChI is InChI=1S/C16H21N5O2S/c1-23-11-15-19-20-16(24-15)18-14(22)10-21-9-5-3-7-13(21)12-6-2-4-8-17-12/h2,4,6,8,13H,3,5,7,9-11H2,1H3,(H,18,20,22)/t13-/m0/s1. The van der Waals surface area contributed by atoms with Crippen LogP contribution in [0, 0.1) is 0 Å². The summed E-state index contributed by atoms with van der Waals surface area (Å²) in [5.41, 5.74) is 1.03. The Balaban J connectivity index is 1.61. The Labute approximate surface area is 145 Å². The fourth-order valence-electron chi connectivity index (χ4n) is 2.92. The van der Waals surface area contributed by atoms with E-state index in [1.165, 1.54) is 11.3 Å². The van der Waals surface area contributed by atoms with Crippen LogP contribution in [0.3, 0.4) is 0 Å². The van der Waals surface area contributed by atoms with Crippen LogP contribution in [0.15, 0.2) is 24.4 Å². The number of nitrogens with one attached hydrogen (secondary N) is 1. The zero-order valence-electron chi connectivity index (χ0n) is 13.6. The van der Waals surface area contributed by atoms with Gasteiger partial charge in [0.2, 0.25) is 11.0 Å². The third-order valence-electron chi connectivity index (χ3n) is 3.97. The third kappa shape index (κ3) is 4.34. The van der Waals surface area contributed by atoms with Crippen LogP contribution in [0.4, 0.5) is 5.13 Å². The number of anilines is 1. The SMILES string of the molecule is COCc1nnc(NC(=O)CN2CCCC[C@H]2c2ccccn2)s1. The highest BCUT2D eigenvalue weighted by molar-refractivity contribution is 7.15. The Kier molecular flexibility index (Phi) is 5.84. The lowest BCUT2D eigenvalue weighted by molar-refractivity contribution is -0.118. The maximum Gasteiger partial charge on any atom is 0.240 e. The molecule has 7 nitrogen and oxygen atoms in total. The van der Waals surface area contributed by atoms with Crippen molar-refractivity contribution in [3.63, 3.8) is 0 Å². The summed E-state index contributed by atoms with van der Waals surface area (Å²) < 4.78 is 5.01. The van der Waals surface area contributed by atoms with Crippen LogP contribution in [0.2, 0.25) is 0 Å². The number of methoxy groups -OCH3 is 1. The number of rotatable bonds is 6. The topological polar surface area (TPSA) is 80.2 Å². The van der Waals surface area contributed by atoms with Crippen molar-refractivity contribution in [1.82, 2.24) is 20.1 Å². The summed E-state index contributed by atoms with van der Waals surface area (Å²) >= 11 is 1.33. The fourth-order valence-corrected chi connectivity index (χ4v) is 3.65. The van der Waals surface area contributed by atoms with E-state index in [1.54, 1.807) is 13.3 Å². The second-order valence-corrected chi connectivity index (χ2v) is 6.78. The second kappa shape index (κ2) is 8.27. The van der Waals surface area contributed by atoms with Crippen molar-refractivity contribution in [3.8, 4) is 0 Å². The first-order chi connectivity index (χ1) is 11.8. The number of hydrogen-bond acceptors (Lipinski definition) is 7. The van der Waals surface area contributed by atoms with Gasteiger partial charge in [-0.2, -0.15) is 0 Å². The van der Waals surface area contributed by atoms with E-state index >= 15 is 0 Å². The van der Waals surface area contributed by atoms with Gasteiger partial charge in [-0.25, -0.2) is 0 Å². The molecule has 1 aliphatic heterocycles. The lowest BCUT2D eigenvalue weighted by Gasteiger charge is -2.34. The van der Waals surface area contributed by atoms with E-state index in [0.717, 1.165) is 36.5 Å². The third-order valence-corrected chi connectivity index (χ3v) is 4.78. The van der Waals surface area contributed by atoms with Gasteiger partial charge in [0.15, 0.2) is 0 Å². The molecule has 8 heteroatoms. The Morgan fingerprint density at radius 3 is 3.12 bits per heavy atom. The minimum absolute atomic E-state index is 0.0713. The number of aromatic nitrogens is 3. The van der Waals surface area contributed by atoms with Crippen molar-refractivity contribution in [2.75, 3.05) is 25.5 Å². The first-order valence-corrected chi connectivity index (χ1v) is 8.84. The highest BCUT2D eigenvalue weighted by atomic mass is 32.1. The van der Waals surface area contributed by atoms with Gasteiger partial charge in [-0.1, -0.05) is 23.8 Å². The average molecular weight is 347 g/mol. The first kappa shape index (κ1) is 16.9. The summed E-state index contributed by atoms with van der Waals surface area (Å²) in [4.78, 5) is 19.0. The van der Waals surface area contributed by atoms with Crippen molar-refractivity contribution in [3.05, 3.63) is 35.1 Å². The summed E-state index contributed by atoms with van der Waals surface area (Å²) in [6.45, 7) is 1.64. The van der Waals surface area contributed by atoms with Crippen LogP contribution in [0.25, 0.3) is 0 Å². The van der Waals surface area contributed by atoms with E-state index in [-0.39, 0.29) is 11.9 Å². The van der Waals surface area contributed by atoms with Crippen molar-refractivity contribution < 1.29 is 9.53 Å². The molecule has 0 saturated carbocycles. The molecule has 0 radical (unpaired) electrons. The molecule has 1 amide bonds. The second-order valence-electron chi connectivity index (χ2n) is 5.72. The number of pyridine rings is 1. The molecule has 0 aliphatic carbocycles. The Hall–Kier alpha value is -1.90. The molecule has 128 valence electrons. The van der Waals surface area contributed by atoms with Crippen LogP contribution >= 0.6 is 11.3 Å². The zero-order chi connectivity index (χ0) is 16.8. The molecule has 3 heterocycles. The highest BCUT2D eigenvalue weighted by Gasteiger charge is 2.26. The molecule has 1 saturated heterocycles. The Morgan fingerprint density at radius 2 is 2.33 bits per heavy atom. The minimum Gasteiger partial charge on any atom is -0.377 e. The lowest BCUT2D eigenvalue weighted by atomic mass is 9.99. The van der Waals surface area contributed by atoms with Crippen molar-refractivity contribution in [2.24, 2.45) is 0 Å². The van der Waals surface area contributed by atoms with Crippen LogP contribution in [-0.4, -0.2) is 46.2 Å². The Morgan fingerprint density at radius 1 is 1.42 bits per heavy atom. The van der Waals surface area contributed by atoms with Crippen LogP contribution in [0.5, 0.6) is 0 Å². The monoisotopic (exact) mass is 347 g/mol. The number of carbonyl (C=O) groups is 1. The molecule has 2 aromatic heterocycles. The zero-order valence-corrected chi connectivity index (χ0v) is 14.5.